The highest BCUT2D eigenvalue weighted by molar-refractivity contribution is 6.26. The first-order valence-electron chi connectivity index (χ1n) is 16.0. The molecular formula is C32H45N3O13. The van der Waals surface area contributed by atoms with Crippen molar-refractivity contribution < 1.29 is 61.9 Å². The van der Waals surface area contributed by atoms with E-state index >= 15 is 0 Å². The summed E-state index contributed by atoms with van der Waals surface area (Å²) in [4.78, 5) is 74.2. The Bertz CT molecular complexity index is 1240. The summed E-state index contributed by atoms with van der Waals surface area (Å²) in [7, 11) is 1.30. The van der Waals surface area contributed by atoms with E-state index in [4.69, 9.17) is 28.4 Å². The van der Waals surface area contributed by atoms with Crippen molar-refractivity contribution in [2.45, 2.75) is 44.6 Å². The van der Waals surface area contributed by atoms with Gasteiger partial charge in [0, 0.05) is 19.4 Å². The van der Waals surface area contributed by atoms with Gasteiger partial charge in [0.1, 0.15) is 12.6 Å². The number of unbranched alkanes of at least 4 members (excludes halogenated alkanes) is 2. The molecule has 1 fully saturated rings. The Labute approximate surface area is 279 Å². The second kappa shape index (κ2) is 22.0. The molecule has 3 rings (SSSR count). The summed E-state index contributed by atoms with van der Waals surface area (Å²) in [6.45, 7) is 4.58. The number of nitrogens with zero attached hydrogens (tertiary/aromatic N) is 1. The van der Waals surface area contributed by atoms with Crippen LogP contribution in [0.25, 0.3) is 0 Å². The monoisotopic (exact) mass is 679 g/mol. The molecule has 0 bridgehead atoms. The molecule has 16 heteroatoms. The van der Waals surface area contributed by atoms with E-state index in [-0.39, 0.29) is 48.6 Å². The molecule has 0 aromatic heterocycles. The normalized spacial score (nSPS) is 15.9. The number of methoxy groups -OCH3 is 1. The average molecular weight is 680 g/mol. The van der Waals surface area contributed by atoms with Crippen molar-refractivity contribution in [2.24, 2.45) is 0 Å². The molecule has 1 unspecified atom stereocenters. The van der Waals surface area contributed by atoms with Gasteiger partial charge in [-0.3, -0.25) is 34.2 Å². The third kappa shape index (κ3) is 13.0. The van der Waals surface area contributed by atoms with Crippen molar-refractivity contribution in [3.8, 4) is 0 Å². The Morgan fingerprint density at radius 1 is 0.771 bits per heavy atom. The van der Waals surface area contributed by atoms with Crippen LogP contribution in [0.2, 0.25) is 0 Å². The Hall–Kier alpha value is -3.80. The van der Waals surface area contributed by atoms with Gasteiger partial charge in [-0.25, -0.2) is 4.79 Å². The summed E-state index contributed by atoms with van der Waals surface area (Å²) < 4.78 is 36.7. The molecule has 0 saturated carbocycles. The number of carbonyl (C=O) groups excluding carboxylic acids is 6. The third-order valence-corrected chi connectivity index (χ3v) is 7.24. The number of anilines is 1. The SMILES string of the molecule is COC(=O)COCCOCCOCCOCCOCCOCCCCCC(=O)Nc1cccc2c1C(=O)N(C1CCC(=O)NC1=O)C2=O. The smallest absolute Gasteiger partial charge is 0.331 e. The second-order valence-corrected chi connectivity index (χ2v) is 10.7. The molecule has 2 N–H and O–H groups in total. The standard InChI is InChI=1S/C32H45N3O13/c1-42-28(38)22-48-21-20-47-19-18-46-17-16-45-15-14-44-13-12-43-11-4-2-3-8-26(36)33-24-7-5-6-23-29(24)32(41)35(31(23)40)25-9-10-27(37)34-30(25)39/h5-7,25H,2-4,8-22H2,1H3,(H,33,36)(H,34,37,39). The summed E-state index contributed by atoms with van der Waals surface area (Å²) in [5.74, 6) is -3.16. The number of ether oxygens (including phenoxy) is 7. The van der Waals surface area contributed by atoms with E-state index < -0.39 is 35.6 Å². The summed E-state index contributed by atoms with van der Waals surface area (Å²) in [6, 6.07) is 3.51. The number of carbonyl (C=O) groups is 6. The van der Waals surface area contributed by atoms with Gasteiger partial charge in [-0.2, -0.15) is 0 Å². The van der Waals surface area contributed by atoms with E-state index in [1.165, 1.54) is 13.2 Å². The number of hydrogen-bond acceptors (Lipinski definition) is 13. The molecule has 0 aliphatic carbocycles. The molecule has 2 aliphatic heterocycles. The van der Waals surface area contributed by atoms with Crippen molar-refractivity contribution in [1.29, 1.82) is 0 Å². The molecule has 1 aromatic rings. The lowest BCUT2D eigenvalue weighted by Gasteiger charge is -2.27. The molecule has 1 atom stereocenters. The second-order valence-electron chi connectivity index (χ2n) is 10.7. The number of piperidine rings is 1. The van der Waals surface area contributed by atoms with Gasteiger partial charge in [0.05, 0.1) is 90.0 Å². The minimum absolute atomic E-state index is 0.0274. The van der Waals surface area contributed by atoms with E-state index in [1.807, 2.05) is 0 Å². The third-order valence-electron chi connectivity index (χ3n) is 7.24. The minimum atomic E-state index is -1.07. The van der Waals surface area contributed by atoms with Gasteiger partial charge in [0.15, 0.2) is 0 Å². The highest BCUT2D eigenvalue weighted by atomic mass is 16.6. The van der Waals surface area contributed by atoms with E-state index in [0.717, 1.165) is 17.7 Å². The molecule has 0 radical (unpaired) electrons. The number of amides is 5. The number of imide groups is 2. The summed E-state index contributed by atoms with van der Waals surface area (Å²) in [5.41, 5.74) is 0.373. The lowest BCUT2D eigenvalue weighted by molar-refractivity contribution is -0.146. The molecule has 5 amide bonds. The Kier molecular flexibility index (Phi) is 17.7. The number of esters is 1. The zero-order valence-electron chi connectivity index (χ0n) is 27.3. The Balaban J connectivity index is 1.13. The Morgan fingerprint density at radius 2 is 1.35 bits per heavy atom. The minimum Gasteiger partial charge on any atom is -0.467 e. The van der Waals surface area contributed by atoms with Gasteiger partial charge < -0.3 is 38.5 Å². The number of hydrogen-bond donors (Lipinski definition) is 2. The van der Waals surface area contributed by atoms with Crippen LogP contribution in [0, 0.1) is 0 Å². The first-order chi connectivity index (χ1) is 23.3. The summed E-state index contributed by atoms with van der Waals surface area (Å²) >= 11 is 0. The largest absolute Gasteiger partial charge is 0.467 e. The predicted octanol–water partition coefficient (Wildman–Crippen LogP) is 0.859. The maximum Gasteiger partial charge on any atom is 0.331 e. The zero-order valence-corrected chi connectivity index (χ0v) is 27.3. The number of rotatable bonds is 25. The van der Waals surface area contributed by atoms with E-state index in [0.29, 0.717) is 79.1 Å². The molecule has 2 aliphatic rings. The quantitative estimate of drug-likeness (QED) is 0.0840. The van der Waals surface area contributed by atoms with Gasteiger partial charge in [-0.1, -0.05) is 12.5 Å². The number of benzene rings is 1. The van der Waals surface area contributed by atoms with Crippen LogP contribution in [-0.4, -0.2) is 133 Å². The van der Waals surface area contributed by atoms with Crippen molar-refractivity contribution in [3.05, 3.63) is 29.3 Å². The van der Waals surface area contributed by atoms with Crippen LogP contribution in [-0.2, 0) is 52.3 Å². The van der Waals surface area contributed by atoms with Gasteiger partial charge in [0.25, 0.3) is 11.8 Å². The van der Waals surface area contributed by atoms with Crippen LogP contribution >= 0.6 is 0 Å². The molecule has 2 heterocycles. The highest BCUT2D eigenvalue weighted by Crippen LogP contribution is 2.32. The number of nitrogens with one attached hydrogen (secondary N) is 2. The van der Waals surface area contributed by atoms with Gasteiger partial charge >= 0.3 is 5.97 Å². The van der Waals surface area contributed by atoms with Crippen LogP contribution in [0.5, 0.6) is 0 Å². The van der Waals surface area contributed by atoms with Crippen molar-refractivity contribution in [1.82, 2.24) is 10.2 Å². The van der Waals surface area contributed by atoms with E-state index in [9.17, 15) is 28.8 Å². The zero-order chi connectivity index (χ0) is 34.6. The highest BCUT2D eigenvalue weighted by Gasteiger charge is 2.45. The van der Waals surface area contributed by atoms with Crippen LogP contribution < -0.4 is 10.6 Å². The van der Waals surface area contributed by atoms with Crippen LogP contribution in [0.1, 0.15) is 59.2 Å². The summed E-state index contributed by atoms with van der Waals surface area (Å²) in [5, 5.41) is 4.89. The van der Waals surface area contributed by atoms with Crippen LogP contribution in [0.3, 0.4) is 0 Å². The predicted molar refractivity (Wildman–Crippen MR) is 167 cm³/mol. The van der Waals surface area contributed by atoms with Gasteiger partial charge in [-0.15, -0.1) is 0 Å². The van der Waals surface area contributed by atoms with Crippen LogP contribution in [0.4, 0.5) is 5.69 Å². The Morgan fingerprint density at radius 3 is 1.94 bits per heavy atom. The van der Waals surface area contributed by atoms with Crippen molar-refractivity contribution in [3.63, 3.8) is 0 Å². The maximum atomic E-state index is 13.1. The fourth-order valence-corrected chi connectivity index (χ4v) is 4.81. The molecule has 16 nitrogen and oxygen atoms in total. The fourth-order valence-electron chi connectivity index (χ4n) is 4.81. The topological polar surface area (TPSA) is 194 Å². The molecule has 48 heavy (non-hydrogen) atoms. The van der Waals surface area contributed by atoms with Crippen LogP contribution in [0.15, 0.2) is 18.2 Å². The number of fused-ring (bicyclic) bond motifs is 1. The van der Waals surface area contributed by atoms with E-state index in [2.05, 4.69) is 15.4 Å². The average Bonchev–Trinajstić information content (AvgIpc) is 3.32. The van der Waals surface area contributed by atoms with Gasteiger partial charge in [0.2, 0.25) is 17.7 Å². The maximum absolute atomic E-state index is 13.1. The lowest BCUT2D eigenvalue weighted by atomic mass is 10.0. The van der Waals surface area contributed by atoms with Crippen molar-refractivity contribution >= 4 is 41.2 Å². The van der Waals surface area contributed by atoms with Gasteiger partial charge in [-0.05, 0) is 31.4 Å². The molecule has 1 aromatic carbocycles. The first-order valence-corrected chi connectivity index (χ1v) is 16.0. The molecule has 266 valence electrons. The summed E-state index contributed by atoms with van der Waals surface area (Å²) in [6.07, 6.45) is 2.44. The molecular weight excluding hydrogens is 634 g/mol. The van der Waals surface area contributed by atoms with E-state index in [1.54, 1.807) is 12.1 Å². The molecule has 0 spiro atoms. The lowest BCUT2D eigenvalue weighted by Crippen LogP contribution is -2.54. The molecule has 1 saturated heterocycles. The fraction of sp³-hybridized carbons (Fsp3) is 0.625. The first kappa shape index (κ1) is 38.6. The van der Waals surface area contributed by atoms with Crippen molar-refractivity contribution in [2.75, 3.05) is 91.7 Å².